The SMILES string of the molecule is CC1(C)c2cc3ccccc3cc2N(c2cccc(-c3nc(-c4ccccc4)nc(-c4ccccc4)n3)c2)c2cc3oc4cc5c6ccccc6c6ccccc6c5cc4c3cc21. The van der Waals surface area contributed by atoms with Gasteiger partial charge in [0.15, 0.2) is 17.5 Å². The first-order valence-electron chi connectivity index (χ1n) is 21.5. The maximum atomic E-state index is 6.95. The first kappa shape index (κ1) is 35.6. The van der Waals surface area contributed by atoms with Gasteiger partial charge in [-0.3, -0.25) is 0 Å². The van der Waals surface area contributed by atoms with Crippen LogP contribution in [0, 0.1) is 0 Å². The lowest BCUT2D eigenvalue weighted by atomic mass is 9.72. The Labute approximate surface area is 363 Å². The van der Waals surface area contributed by atoms with Crippen LogP contribution in [-0.4, -0.2) is 15.0 Å². The van der Waals surface area contributed by atoms with Crippen molar-refractivity contribution in [3.63, 3.8) is 0 Å². The van der Waals surface area contributed by atoms with Gasteiger partial charge in [-0.25, -0.2) is 15.0 Å². The minimum absolute atomic E-state index is 0.344. The lowest BCUT2D eigenvalue weighted by Crippen LogP contribution is -2.30. The summed E-state index contributed by atoms with van der Waals surface area (Å²) in [6.45, 7) is 4.72. The summed E-state index contributed by atoms with van der Waals surface area (Å²) in [5.41, 5.74) is 9.86. The minimum Gasteiger partial charge on any atom is -0.456 e. The highest BCUT2D eigenvalue weighted by molar-refractivity contribution is 6.28. The molecule has 0 aliphatic carbocycles. The normalized spacial score (nSPS) is 13.3. The van der Waals surface area contributed by atoms with Crippen molar-refractivity contribution in [2.75, 3.05) is 4.90 Å². The lowest BCUT2D eigenvalue weighted by molar-refractivity contribution is 0.631. The number of aromatic nitrogens is 3. The van der Waals surface area contributed by atoms with Gasteiger partial charge in [0.2, 0.25) is 0 Å². The molecule has 0 fully saturated rings. The molecule has 3 heterocycles. The van der Waals surface area contributed by atoms with E-state index in [0.717, 1.165) is 55.7 Å². The predicted octanol–water partition coefficient (Wildman–Crippen LogP) is 15.5. The first-order chi connectivity index (χ1) is 31.0. The number of furan rings is 1. The van der Waals surface area contributed by atoms with Gasteiger partial charge in [-0.2, -0.15) is 0 Å². The molecule has 0 saturated carbocycles. The summed E-state index contributed by atoms with van der Waals surface area (Å²) in [7, 11) is 0. The highest BCUT2D eigenvalue weighted by Gasteiger charge is 2.38. The van der Waals surface area contributed by atoms with Crippen LogP contribution in [0.25, 0.3) is 99.2 Å². The highest BCUT2D eigenvalue weighted by Crippen LogP contribution is 2.55. The minimum atomic E-state index is -0.344. The van der Waals surface area contributed by atoms with E-state index in [2.05, 4.69) is 152 Å². The van der Waals surface area contributed by atoms with Crippen LogP contribution in [-0.2, 0) is 5.41 Å². The number of hydrogen-bond donors (Lipinski definition) is 0. The quantitative estimate of drug-likeness (QED) is 0.166. The molecule has 1 aliphatic heterocycles. The number of rotatable bonds is 4. The smallest absolute Gasteiger partial charge is 0.164 e. The molecule has 296 valence electrons. The average Bonchev–Trinajstić information content (AvgIpc) is 3.69. The Morgan fingerprint density at radius 2 is 0.825 bits per heavy atom. The van der Waals surface area contributed by atoms with E-state index < -0.39 is 0 Å². The molecule has 0 radical (unpaired) electrons. The molecule has 0 N–H and O–H groups in total. The Balaban J connectivity index is 1.05. The molecule has 12 aromatic rings. The van der Waals surface area contributed by atoms with Crippen LogP contribution >= 0.6 is 0 Å². The molecule has 10 aromatic carbocycles. The van der Waals surface area contributed by atoms with Gasteiger partial charge in [0.25, 0.3) is 0 Å². The summed E-state index contributed by atoms with van der Waals surface area (Å²) in [5.74, 6) is 1.88. The van der Waals surface area contributed by atoms with Gasteiger partial charge in [0.1, 0.15) is 11.2 Å². The molecule has 2 aromatic heterocycles. The summed E-state index contributed by atoms with van der Waals surface area (Å²) in [5, 5.41) is 12.1. The lowest BCUT2D eigenvalue weighted by Gasteiger charge is -2.42. The fraction of sp³-hybridized carbons (Fsp3) is 0.0517. The van der Waals surface area contributed by atoms with Crippen LogP contribution in [0.1, 0.15) is 25.0 Å². The maximum absolute atomic E-state index is 6.95. The number of fused-ring (bicyclic) bond motifs is 12. The van der Waals surface area contributed by atoms with Crippen molar-refractivity contribution >= 4 is 82.1 Å². The Morgan fingerprint density at radius 1 is 0.365 bits per heavy atom. The van der Waals surface area contributed by atoms with E-state index >= 15 is 0 Å². The van der Waals surface area contributed by atoms with E-state index in [1.165, 1.54) is 54.2 Å². The van der Waals surface area contributed by atoms with Crippen molar-refractivity contribution in [1.82, 2.24) is 15.0 Å². The molecule has 0 amide bonds. The van der Waals surface area contributed by atoms with Gasteiger partial charge < -0.3 is 9.32 Å². The van der Waals surface area contributed by atoms with Crippen LogP contribution in [0.4, 0.5) is 17.1 Å². The van der Waals surface area contributed by atoms with Crippen molar-refractivity contribution in [2.24, 2.45) is 0 Å². The molecule has 63 heavy (non-hydrogen) atoms. The molecule has 0 spiro atoms. The molecule has 0 saturated heterocycles. The monoisotopic (exact) mass is 806 g/mol. The van der Waals surface area contributed by atoms with E-state index in [1.807, 2.05) is 60.7 Å². The molecule has 5 nitrogen and oxygen atoms in total. The summed E-state index contributed by atoms with van der Waals surface area (Å²) in [4.78, 5) is 17.6. The zero-order valence-electron chi connectivity index (χ0n) is 34.7. The zero-order valence-corrected chi connectivity index (χ0v) is 34.7. The predicted molar refractivity (Wildman–Crippen MR) is 260 cm³/mol. The second kappa shape index (κ2) is 13.4. The van der Waals surface area contributed by atoms with Crippen molar-refractivity contribution < 1.29 is 4.42 Å². The second-order valence-electron chi connectivity index (χ2n) is 17.2. The summed E-state index contributed by atoms with van der Waals surface area (Å²) >= 11 is 0. The number of anilines is 3. The Bertz CT molecular complexity index is 3780. The fourth-order valence-corrected chi connectivity index (χ4v) is 10.1. The van der Waals surface area contributed by atoms with Crippen LogP contribution in [0.3, 0.4) is 0 Å². The van der Waals surface area contributed by atoms with Crippen molar-refractivity contribution in [1.29, 1.82) is 0 Å². The van der Waals surface area contributed by atoms with Gasteiger partial charge in [0, 0.05) is 44.6 Å². The molecule has 0 bridgehead atoms. The van der Waals surface area contributed by atoms with Crippen molar-refractivity contribution in [3.8, 4) is 34.2 Å². The Morgan fingerprint density at radius 3 is 1.46 bits per heavy atom. The first-order valence-corrected chi connectivity index (χ1v) is 21.5. The fourth-order valence-electron chi connectivity index (χ4n) is 10.1. The molecular weight excluding hydrogens is 769 g/mol. The summed E-state index contributed by atoms with van der Waals surface area (Å²) in [6, 6.07) is 69.0. The van der Waals surface area contributed by atoms with E-state index in [9.17, 15) is 0 Å². The third kappa shape index (κ3) is 5.46. The zero-order chi connectivity index (χ0) is 41.8. The van der Waals surface area contributed by atoms with Gasteiger partial charge in [0.05, 0.1) is 11.4 Å². The molecule has 1 aliphatic rings. The van der Waals surface area contributed by atoms with Gasteiger partial charge in [-0.1, -0.05) is 159 Å². The number of hydrogen-bond acceptors (Lipinski definition) is 5. The molecule has 0 atom stereocenters. The molecule has 13 rings (SSSR count). The van der Waals surface area contributed by atoms with Crippen LogP contribution in [0.15, 0.2) is 199 Å². The standard InChI is InChI=1S/C58H38N4O/c1-58(2)49-29-37-20-9-10-21-38(37)30-51(49)62(40-23-15-22-39(28-40)57-60-55(35-16-5-3-6-17-35)59-56(61-57)36-18-7-4-8-19-36)52-34-54-48(32-50(52)58)47-31-45-43-26-13-11-24-41(43)42-25-12-14-27-44(42)46(45)33-53(47)63-54/h3-34H,1-2H3. The van der Waals surface area contributed by atoms with Crippen molar-refractivity contribution in [3.05, 3.63) is 205 Å². The number of nitrogens with zero attached hydrogens (tertiary/aromatic N) is 4. The summed E-state index contributed by atoms with van der Waals surface area (Å²) < 4.78 is 6.95. The molecule has 5 heteroatoms. The van der Waals surface area contributed by atoms with Crippen LogP contribution in [0.2, 0.25) is 0 Å². The molecule has 0 unspecified atom stereocenters. The Hall–Kier alpha value is -8.15. The second-order valence-corrected chi connectivity index (χ2v) is 17.2. The number of benzene rings is 10. The third-order valence-electron chi connectivity index (χ3n) is 13.2. The van der Waals surface area contributed by atoms with Crippen molar-refractivity contribution in [2.45, 2.75) is 19.3 Å². The van der Waals surface area contributed by atoms with Gasteiger partial charge in [-0.05, 0) is 96.7 Å². The van der Waals surface area contributed by atoms with E-state index in [4.69, 9.17) is 19.4 Å². The topological polar surface area (TPSA) is 55.1 Å². The van der Waals surface area contributed by atoms with E-state index in [1.54, 1.807) is 0 Å². The van der Waals surface area contributed by atoms with E-state index in [-0.39, 0.29) is 5.41 Å². The van der Waals surface area contributed by atoms with E-state index in [0.29, 0.717) is 17.5 Å². The van der Waals surface area contributed by atoms with Crippen LogP contribution in [0.5, 0.6) is 0 Å². The average molecular weight is 807 g/mol. The van der Waals surface area contributed by atoms with Gasteiger partial charge in [-0.15, -0.1) is 0 Å². The Kier molecular flexibility index (Phi) is 7.58. The highest BCUT2D eigenvalue weighted by atomic mass is 16.3. The maximum Gasteiger partial charge on any atom is 0.164 e. The largest absolute Gasteiger partial charge is 0.456 e. The third-order valence-corrected chi connectivity index (χ3v) is 13.2. The molecular formula is C58H38N4O. The van der Waals surface area contributed by atoms with Gasteiger partial charge >= 0.3 is 0 Å². The summed E-state index contributed by atoms with van der Waals surface area (Å²) in [6.07, 6.45) is 0. The van der Waals surface area contributed by atoms with Crippen LogP contribution < -0.4 is 4.90 Å².